The number of benzene rings is 1. The first kappa shape index (κ1) is 10.3. The average Bonchev–Trinajstić information content (AvgIpc) is 2.02. The molecule has 0 heterocycles. The summed E-state index contributed by atoms with van der Waals surface area (Å²) in [4.78, 5) is 11.0. The Bertz CT molecular complexity index is 329. The SMILES string of the molecule is COC(=O)c1c(F)cc(Cl)cc1Cl. The smallest absolute Gasteiger partial charge is 0.342 e. The van der Waals surface area contributed by atoms with Crippen LogP contribution in [0.4, 0.5) is 4.39 Å². The van der Waals surface area contributed by atoms with Gasteiger partial charge in [0.05, 0.1) is 12.1 Å². The molecule has 0 aromatic heterocycles. The third-order valence-electron chi connectivity index (χ3n) is 1.40. The van der Waals surface area contributed by atoms with Crippen molar-refractivity contribution < 1.29 is 13.9 Å². The van der Waals surface area contributed by atoms with Crippen LogP contribution in [0.3, 0.4) is 0 Å². The Morgan fingerprint density at radius 1 is 1.46 bits per heavy atom. The second-order valence-electron chi connectivity index (χ2n) is 2.24. The fourth-order valence-electron chi connectivity index (χ4n) is 0.839. The molecule has 13 heavy (non-hydrogen) atoms. The molecule has 0 spiro atoms. The van der Waals surface area contributed by atoms with Crippen LogP contribution in [0, 0.1) is 5.82 Å². The van der Waals surface area contributed by atoms with Crippen LogP contribution in [0.5, 0.6) is 0 Å². The molecule has 0 fully saturated rings. The summed E-state index contributed by atoms with van der Waals surface area (Å²) < 4.78 is 17.4. The Morgan fingerprint density at radius 2 is 2.08 bits per heavy atom. The molecule has 2 nitrogen and oxygen atoms in total. The van der Waals surface area contributed by atoms with Crippen molar-refractivity contribution in [2.45, 2.75) is 0 Å². The number of ether oxygens (including phenoxy) is 1. The summed E-state index contributed by atoms with van der Waals surface area (Å²) in [6.45, 7) is 0. The second kappa shape index (κ2) is 3.94. The fourth-order valence-corrected chi connectivity index (χ4v) is 1.38. The minimum absolute atomic E-state index is 0.0585. The molecule has 5 heteroatoms. The van der Waals surface area contributed by atoms with E-state index < -0.39 is 11.8 Å². The predicted molar refractivity (Wildman–Crippen MR) is 47.8 cm³/mol. The van der Waals surface area contributed by atoms with Crippen molar-refractivity contribution in [3.63, 3.8) is 0 Å². The molecule has 1 aromatic carbocycles. The molecule has 70 valence electrons. The molecule has 0 aliphatic rings. The van der Waals surface area contributed by atoms with E-state index in [1.165, 1.54) is 6.07 Å². The number of hydrogen-bond donors (Lipinski definition) is 0. The molecule has 1 rings (SSSR count). The van der Waals surface area contributed by atoms with Gasteiger partial charge in [-0.1, -0.05) is 23.2 Å². The van der Waals surface area contributed by atoms with Gasteiger partial charge in [-0.2, -0.15) is 0 Å². The Labute approximate surface area is 84.2 Å². The standard InChI is InChI=1S/C8H5Cl2FO2/c1-13-8(12)7-5(10)2-4(9)3-6(7)11/h2-3H,1H3. The van der Waals surface area contributed by atoms with Crippen LogP contribution in [-0.4, -0.2) is 13.1 Å². The number of rotatable bonds is 1. The maximum Gasteiger partial charge on any atom is 0.342 e. The zero-order chi connectivity index (χ0) is 10.0. The number of halogens is 3. The van der Waals surface area contributed by atoms with Gasteiger partial charge in [-0.15, -0.1) is 0 Å². The van der Waals surface area contributed by atoms with E-state index in [9.17, 15) is 9.18 Å². The molecule has 0 aliphatic heterocycles. The highest BCUT2D eigenvalue weighted by molar-refractivity contribution is 6.36. The summed E-state index contributed by atoms with van der Waals surface area (Å²) in [7, 11) is 1.15. The minimum atomic E-state index is -0.820. The summed E-state index contributed by atoms with van der Waals surface area (Å²) in [6, 6.07) is 2.28. The lowest BCUT2D eigenvalue weighted by atomic mass is 10.2. The zero-order valence-corrected chi connectivity index (χ0v) is 8.12. The summed E-state index contributed by atoms with van der Waals surface area (Å²) >= 11 is 11.1. The van der Waals surface area contributed by atoms with Gasteiger partial charge in [0.2, 0.25) is 0 Å². The summed E-state index contributed by atoms with van der Waals surface area (Å²) in [5, 5.41) is 0.0759. The zero-order valence-electron chi connectivity index (χ0n) is 6.61. The Balaban J connectivity index is 3.28. The first-order valence-corrected chi connectivity index (χ1v) is 4.04. The van der Waals surface area contributed by atoms with Gasteiger partial charge in [0.25, 0.3) is 0 Å². The topological polar surface area (TPSA) is 26.3 Å². The molecule has 0 saturated carbocycles. The summed E-state index contributed by atoms with van der Waals surface area (Å²) in [5.74, 6) is -1.61. The number of hydrogen-bond acceptors (Lipinski definition) is 2. The van der Waals surface area contributed by atoms with Crippen LogP contribution in [0.15, 0.2) is 12.1 Å². The van der Waals surface area contributed by atoms with Gasteiger partial charge >= 0.3 is 5.97 Å². The van der Waals surface area contributed by atoms with E-state index in [4.69, 9.17) is 23.2 Å². The van der Waals surface area contributed by atoms with Crippen molar-refractivity contribution >= 4 is 29.2 Å². The van der Waals surface area contributed by atoms with Gasteiger partial charge in [0.1, 0.15) is 11.4 Å². The maximum atomic E-state index is 13.1. The Hall–Kier alpha value is -0.800. The molecule has 0 atom stereocenters. The third kappa shape index (κ3) is 2.11. The first-order chi connectivity index (χ1) is 6.06. The molecule has 0 bridgehead atoms. The Kier molecular flexibility index (Phi) is 3.12. The van der Waals surface area contributed by atoms with Gasteiger partial charge in [-0.25, -0.2) is 9.18 Å². The third-order valence-corrected chi connectivity index (χ3v) is 1.91. The van der Waals surface area contributed by atoms with E-state index in [0.717, 1.165) is 13.2 Å². The van der Waals surface area contributed by atoms with E-state index in [2.05, 4.69) is 4.74 Å². The van der Waals surface area contributed by atoms with E-state index in [1.807, 2.05) is 0 Å². The van der Waals surface area contributed by atoms with Gasteiger partial charge < -0.3 is 4.74 Å². The maximum absolute atomic E-state index is 13.1. The van der Waals surface area contributed by atoms with E-state index in [-0.39, 0.29) is 15.6 Å². The normalized spacial score (nSPS) is 9.85. The van der Waals surface area contributed by atoms with Crippen molar-refractivity contribution in [3.8, 4) is 0 Å². The lowest BCUT2D eigenvalue weighted by Crippen LogP contribution is -2.05. The number of carbonyl (C=O) groups is 1. The number of carbonyl (C=O) groups excluding carboxylic acids is 1. The van der Waals surface area contributed by atoms with Crippen LogP contribution in [0.1, 0.15) is 10.4 Å². The molecule has 0 N–H and O–H groups in total. The van der Waals surface area contributed by atoms with Crippen molar-refractivity contribution in [3.05, 3.63) is 33.6 Å². The molecule has 0 aliphatic carbocycles. The van der Waals surface area contributed by atoms with E-state index in [0.29, 0.717) is 0 Å². The monoisotopic (exact) mass is 222 g/mol. The predicted octanol–water partition coefficient (Wildman–Crippen LogP) is 2.92. The number of methoxy groups -OCH3 is 1. The molecule has 0 saturated heterocycles. The van der Waals surface area contributed by atoms with Crippen molar-refractivity contribution in [2.24, 2.45) is 0 Å². The van der Waals surface area contributed by atoms with Crippen molar-refractivity contribution in [1.29, 1.82) is 0 Å². The molecule has 1 aromatic rings. The van der Waals surface area contributed by atoms with Crippen LogP contribution in [0.2, 0.25) is 10.0 Å². The number of esters is 1. The highest BCUT2D eigenvalue weighted by Crippen LogP contribution is 2.24. The fraction of sp³-hybridized carbons (Fsp3) is 0.125. The van der Waals surface area contributed by atoms with Crippen molar-refractivity contribution in [1.82, 2.24) is 0 Å². The molecular weight excluding hydrogens is 218 g/mol. The van der Waals surface area contributed by atoms with Crippen LogP contribution in [-0.2, 0) is 4.74 Å². The second-order valence-corrected chi connectivity index (χ2v) is 3.08. The van der Waals surface area contributed by atoms with E-state index >= 15 is 0 Å². The lowest BCUT2D eigenvalue weighted by Gasteiger charge is -2.03. The van der Waals surface area contributed by atoms with Gasteiger partial charge in [0.15, 0.2) is 0 Å². The van der Waals surface area contributed by atoms with Gasteiger partial charge in [-0.3, -0.25) is 0 Å². The molecule has 0 amide bonds. The Morgan fingerprint density at radius 3 is 2.54 bits per heavy atom. The lowest BCUT2D eigenvalue weighted by molar-refractivity contribution is 0.0596. The van der Waals surface area contributed by atoms with Gasteiger partial charge in [0, 0.05) is 5.02 Å². The van der Waals surface area contributed by atoms with Crippen molar-refractivity contribution in [2.75, 3.05) is 7.11 Å². The van der Waals surface area contributed by atoms with Crippen LogP contribution in [0.25, 0.3) is 0 Å². The van der Waals surface area contributed by atoms with E-state index in [1.54, 1.807) is 0 Å². The first-order valence-electron chi connectivity index (χ1n) is 3.29. The van der Waals surface area contributed by atoms with Crippen LogP contribution >= 0.6 is 23.2 Å². The molecular formula is C8H5Cl2FO2. The average molecular weight is 223 g/mol. The summed E-state index contributed by atoms with van der Waals surface area (Å²) in [5.41, 5.74) is -0.298. The van der Waals surface area contributed by atoms with Crippen LogP contribution < -0.4 is 0 Å². The highest BCUT2D eigenvalue weighted by Gasteiger charge is 2.17. The summed E-state index contributed by atoms with van der Waals surface area (Å²) in [6.07, 6.45) is 0. The highest BCUT2D eigenvalue weighted by atomic mass is 35.5. The molecule has 0 unspecified atom stereocenters. The van der Waals surface area contributed by atoms with Gasteiger partial charge in [-0.05, 0) is 12.1 Å². The quantitative estimate of drug-likeness (QED) is 0.684. The molecule has 0 radical (unpaired) electrons. The largest absolute Gasteiger partial charge is 0.465 e. The minimum Gasteiger partial charge on any atom is -0.465 e.